The number of amides is 1. The fourth-order valence-corrected chi connectivity index (χ4v) is 3.02. The molecule has 0 N–H and O–H groups in total. The molecule has 1 aromatic rings. The molecule has 0 spiro atoms. The van der Waals surface area contributed by atoms with Crippen LogP contribution in [0.15, 0.2) is 18.3 Å². The molecule has 1 aromatic heterocycles. The van der Waals surface area contributed by atoms with Crippen molar-refractivity contribution < 1.29 is 9.53 Å². The molecule has 6 nitrogen and oxygen atoms in total. The normalized spacial score (nSPS) is 26.0. The molecule has 110 valence electrons. The summed E-state index contributed by atoms with van der Waals surface area (Å²) in [6.07, 6.45) is 2.52. The van der Waals surface area contributed by atoms with Gasteiger partial charge in [-0.1, -0.05) is 0 Å². The zero-order chi connectivity index (χ0) is 14.8. The number of carbonyl (C=O) groups is 1. The number of nitriles is 1. The van der Waals surface area contributed by atoms with Gasteiger partial charge in [-0.05, 0) is 25.6 Å². The van der Waals surface area contributed by atoms with Crippen LogP contribution < -0.4 is 0 Å². The van der Waals surface area contributed by atoms with Crippen LogP contribution in [0.25, 0.3) is 0 Å². The third-order valence-corrected chi connectivity index (χ3v) is 4.16. The van der Waals surface area contributed by atoms with Gasteiger partial charge in [0.1, 0.15) is 11.8 Å². The van der Waals surface area contributed by atoms with Crippen LogP contribution in [0.1, 0.15) is 22.5 Å². The van der Waals surface area contributed by atoms with Crippen LogP contribution in [0.3, 0.4) is 0 Å². The van der Waals surface area contributed by atoms with Crippen molar-refractivity contribution in [3.63, 3.8) is 0 Å². The van der Waals surface area contributed by atoms with Crippen molar-refractivity contribution in [3.05, 3.63) is 29.6 Å². The third kappa shape index (κ3) is 2.75. The number of likely N-dealkylation sites (tertiary alicyclic amines) is 1. The monoisotopic (exact) mass is 286 g/mol. The van der Waals surface area contributed by atoms with E-state index < -0.39 is 0 Å². The Labute approximate surface area is 123 Å². The first kappa shape index (κ1) is 14.0. The van der Waals surface area contributed by atoms with E-state index in [1.54, 1.807) is 12.1 Å². The van der Waals surface area contributed by atoms with Crippen molar-refractivity contribution in [1.29, 1.82) is 5.26 Å². The van der Waals surface area contributed by atoms with Gasteiger partial charge in [-0.15, -0.1) is 0 Å². The van der Waals surface area contributed by atoms with Gasteiger partial charge in [0.2, 0.25) is 0 Å². The molecule has 2 saturated heterocycles. The van der Waals surface area contributed by atoms with Gasteiger partial charge in [0, 0.05) is 25.8 Å². The number of hydrogen-bond donors (Lipinski definition) is 0. The molecule has 1 amide bonds. The second kappa shape index (κ2) is 5.80. The molecule has 0 bridgehead atoms. The number of carbonyl (C=O) groups excluding carboxylic acids is 1. The zero-order valence-electron chi connectivity index (χ0n) is 12.0. The van der Waals surface area contributed by atoms with Gasteiger partial charge in [-0.3, -0.25) is 4.79 Å². The number of nitrogens with zero attached hydrogens (tertiary/aromatic N) is 4. The van der Waals surface area contributed by atoms with E-state index in [2.05, 4.69) is 16.9 Å². The fourth-order valence-electron chi connectivity index (χ4n) is 3.02. The number of hydrogen-bond acceptors (Lipinski definition) is 5. The molecule has 0 saturated carbocycles. The summed E-state index contributed by atoms with van der Waals surface area (Å²) in [6.45, 7) is 2.99. The Morgan fingerprint density at radius 3 is 3.05 bits per heavy atom. The van der Waals surface area contributed by atoms with Crippen molar-refractivity contribution in [2.45, 2.75) is 18.6 Å². The van der Waals surface area contributed by atoms with Crippen LogP contribution in [0.5, 0.6) is 0 Å². The minimum Gasteiger partial charge on any atom is -0.374 e. The number of pyridine rings is 1. The van der Waals surface area contributed by atoms with Gasteiger partial charge in [-0.25, -0.2) is 4.98 Å². The molecule has 2 aliphatic heterocycles. The molecule has 0 aromatic carbocycles. The lowest BCUT2D eigenvalue weighted by atomic mass is 9.98. The number of aromatic nitrogens is 1. The third-order valence-electron chi connectivity index (χ3n) is 4.16. The molecule has 2 atom stereocenters. The number of fused-ring (bicyclic) bond motifs is 1. The average Bonchev–Trinajstić information content (AvgIpc) is 2.53. The molecule has 2 fully saturated rings. The molecule has 2 unspecified atom stereocenters. The second-order valence-corrected chi connectivity index (χ2v) is 5.57. The summed E-state index contributed by atoms with van der Waals surface area (Å²) in [4.78, 5) is 20.9. The Bertz CT molecular complexity index is 566. The predicted molar refractivity (Wildman–Crippen MR) is 75.6 cm³/mol. The van der Waals surface area contributed by atoms with E-state index in [-0.39, 0.29) is 18.1 Å². The molecular formula is C15H18N4O2. The molecule has 0 radical (unpaired) electrons. The lowest BCUT2D eigenvalue weighted by Gasteiger charge is -2.46. The maximum absolute atomic E-state index is 12.7. The molecular weight excluding hydrogens is 268 g/mol. The molecule has 3 heterocycles. The van der Waals surface area contributed by atoms with Crippen molar-refractivity contribution >= 4 is 5.91 Å². The van der Waals surface area contributed by atoms with Gasteiger partial charge >= 0.3 is 0 Å². The van der Waals surface area contributed by atoms with Crippen LogP contribution in [0.4, 0.5) is 0 Å². The minimum absolute atomic E-state index is 0.0758. The van der Waals surface area contributed by atoms with Crippen LogP contribution in [-0.4, -0.2) is 66.1 Å². The standard InChI is InChI=1S/C15H18N4O2/c1-18-5-4-14-13(10-18)19(6-7-21-14)15(20)12-3-2-11(8-16)9-17-12/h2-3,9,13-14H,4-7,10H2,1H3. The Hall–Kier alpha value is -1.97. The van der Waals surface area contributed by atoms with E-state index in [0.29, 0.717) is 24.4 Å². The lowest BCUT2D eigenvalue weighted by Crippen LogP contribution is -2.60. The maximum atomic E-state index is 12.7. The van der Waals surface area contributed by atoms with Gasteiger partial charge in [0.25, 0.3) is 5.91 Å². The van der Waals surface area contributed by atoms with E-state index in [0.717, 1.165) is 19.5 Å². The largest absolute Gasteiger partial charge is 0.374 e. The van der Waals surface area contributed by atoms with Gasteiger partial charge < -0.3 is 14.5 Å². The summed E-state index contributed by atoms with van der Waals surface area (Å²) in [5, 5.41) is 8.79. The topological polar surface area (TPSA) is 69.5 Å². The molecule has 0 aliphatic carbocycles. The van der Waals surface area contributed by atoms with E-state index in [4.69, 9.17) is 10.00 Å². The van der Waals surface area contributed by atoms with Crippen molar-refractivity contribution in [2.75, 3.05) is 33.3 Å². The van der Waals surface area contributed by atoms with Gasteiger partial charge in [0.15, 0.2) is 0 Å². The van der Waals surface area contributed by atoms with Crippen LogP contribution >= 0.6 is 0 Å². The van der Waals surface area contributed by atoms with Crippen molar-refractivity contribution in [3.8, 4) is 6.07 Å². The minimum atomic E-state index is -0.0758. The first-order valence-electron chi connectivity index (χ1n) is 7.16. The fraction of sp³-hybridized carbons (Fsp3) is 0.533. The molecule has 2 aliphatic rings. The highest BCUT2D eigenvalue weighted by atomic mass is 16.5. The molecule has 6 heteroatoms. The summed E-state index contributed by atoms with van der Waals surface area (Å²) in [5.74, 6) is -0.0758. The Morgan fingerprint density at radius 2 is 2.33 bits per heavy atom. The predicted octanol–water partition coefficient (Wildman–Crippen LogP) is 0.498. The second-order valence-electron chi connectivity index (χ2n) is 5.57. The van der Waals surface area contributed by atoms with Gasteiger partial charge in [-0.2, -0.15) is 5.26 Å². The number of piperidine rings is 1. The number of ether oxygens (including phenoxy) is 1. The lowest BCUT2D eigenvalue weighted by molar-refractivity contribution is -0.0871. The highest BCUT2D eigenvalue weighted by molar-refractivity contribution is 5.92. The first-order valence-corrected chi connectivity index (χ1v) is 7.16. The quantitative estimate of drug-likeness (QED) is 0.752. The van der Waals surface area contributed by atoms with E-state index in [9.17, 15) is 4.79 Å². The Morgan fingerprint density at radius 1 is 1.48 bits per heavy atom. The Balaban J connectivity index is 1.80. The average molecular weight is 286 g/mol. The van der Waals surface area contributed by atoms with Crippen molar-refractivity contribution in [2.24, 2.45) is 0 Å². The highest BCUT2D eigenvalue weighted by Crippen LogP contribution is 2.23. The zero-order valence-corrected chi connectivity index (χ0v) is 12.0. The van der Waals surface area contributed by atoms with E-state index in [1.165, 1.54) is 6.20 Å². The van der Waals surface area contributed by atoms with Crippen LogP contribution in [0, 0.1) is 11.3 Å². The number of rotatable bonds is 1. The van der Waals surface area contributed by atoms with E-state index >= 15 is 0 Å². The summed E-state index contributed by atoms with van der Waals surface area (Å²) >= 11 is 0. The summed E-state index contributed by atoms with van der Waals surface area (Å²) in [6, 6.07) is 5.35. The molecule has 21 heavy (non-hydrogen) atoms. The molecule has 3 rings (SSSR count). The first-order chi connectivity index (χ1) is 10.2. The number of likely N-dealkylation sites (N-methyl/N-ethyl adjacent to an activating group) is 1. The SMILES string of the molecule is CN1CCC2OCCN(C(=O)c3ccc(C#N)cn3)C2C1. The van der Waals surface area contributed by atoms with E-state index in [1.807, 2.05) is 11.0 Å². The van der Waals surface area contributed by atoms with Crippen molar-refractivity contribution in [1.82, 2.24) is 14.8 Å². The summed E-state index contributed by atoms with van der Waals surface area (Å²) in [7, 11) is 2.06. The van der Waals surface area contributed by atoms with Gasteiger partial charge in [0.05, 0.1) is 24.3 Å². The van der Waals surface area contributed by atoms with Crippen LogP contribution in [0.2, 0.25) is 0 Å². The smallest absolute Gasteiger partial charge is 0.272 e. The highest BCUT2D eigenvalue weighted by Gasteiger charge is 2.38. The number of morpholine rings is 1. The maximum Gasteiger partial charge on any atom is 0.272 e. The summed E-state index contributed by atoms with van der Waals surface area (Å²) in [5.41, 5.74) is 0.853. The van der Waals surface area contributed by atoms with Crippen LogP contribution in [-0.2, 0) is 4.74 Å². The Kier molecular flexibility index (Phi) is 3.86. The summed E-state index contributed by atoms with van der Waals surface area (Å²) < 4.78 is 5.80.